The minimum atomic E-state index is -4.96. The second kappa shape index (κ2) is 67.2. The number of phosphoric acid groups is 2. The van der Waals surface area contributed by atoms with E-state index in [1.165, 1.54) is 193 Å². The lowest BCUT2D eigenvalue weighted by Gasteiger charge is -2.21. The molecule has 0 aromatic carbocycles. The lowest BCUT2D eigenvalue weighted by atomic mass is 9.99. The first-order chi connectivity index (χ1) is 46.7. The number of aliphatic hydroxyl groups is 1. The van der Waals surface area contributed by atoms with Crippen LogP contribution >= 0.6 is 15.6 Å². The van der Waals surface area contributed by atoms with Gasteiger partial charge in [-0.25, -0.2) is 9.13 Å². The number of aliphatic hydroxyl groups excluding tert-OH is 1. The normalized spacial score (nSPS) is 14.6. The third-order valence-electron chi connectivity index (χ3n) is 18.8. The molecule has 0 aliphatic carbocycles. The highest BCUT2D eigenvalue weighted by Crippen LogP contribution is 2.45. The second-order valence-corrected chi connectivity index (χ2v) is 32.4. The summed E-state index contributed by atoms with van der Waals surface area (Å²) in [6, 6.07) is 0. The summed E-state index contributed by atoms with van der Waals surface area (Å²) in [4.78, 5) is 72.9. The first-order valence-electron chi connectivity index (χ1n) is 40.3. The fourth-order valence-electron chi connectivity index (χ4n) is 11.8. The van der Waals surface area contributed by atoms with Crippen molar-refractivity contribution in [1.29, 1.82) is 0 Å². The number of ether oxygens (including phenoxy) is 4. The molecule has 0 amide bonds. The van der Waals surface area contributed by atoms with Gasteiger partial charge in [0.15, 0.2) is 12.2 Å². The Labute approximate surface area is 594 Å². The van der Waals surface area contributed by atoms with Crippen molar-refractivity contribution in [3.63, 3.8) is 0 Å². The van der Waals surface area contributed by atoms with E-state index < -0.39 is 97.5 Å². The van der Waals surface area contributed by atoms with Crippen LogP contribution in [0.4, 0.5) is 0 Å². The van der Waals surface area contributed by atoms with Crippen LogP contribution < -0.4 is 0 Å². The van der Waals surface area contributed by atoms with Crippen LogP contribution in [0.1, 0.15) is 396 Å². The number of carbonyl (C=O) groups excluding carboxylic acids is 4. The maximum Gasteiger partial charge on any atom is 0.472 e. The number of hydrogen-bond acceptors (Lipinski definition) is 15. The Morgan fingerprint density at radius 3 is 0.732 bits per heavy atom. The molecular weight excluding hydrogens is 1270 g/mol. The molecule has 0 spiro atoms. The maximum atomic E-state index is 13.1. The molecule has 576 valence electrons. The molecule has 0 rings (SSSR count). The van der Waals surface area contributed by atoms with Crippen molar-refractivity contribution in [1.82, 2.24) is 0 Å². The van der Waals surface area contributed by atoms with Crippen LogP contribution in [-0.2, 0) is 65.4 Å². The van der Waals surface area contributed by atoms with E-state index in [1.807, 2.05) is 0 Å². The van der Waals surface area contributed by atoms with Crippen LogP contribution in [0.15, 0.2) is 0 Å². The molecule has 0 aliphatic rings. The quantitative estimate of drug-likeness (QED) is 0.0222. The smallest absolute Gasteiger partial charge is 0.462 e. The van der Waals surface area contributed by atoms with Gasteiger partial charge in [0.05, 0.1) is 26.4 Å². The highest BCUT2D eigenvalue weighted by atomic mass is 31.2. The predicted molar refractivity (Wildman–Crippen MR) is 395 cm³/mol. The highest BCUT2D eigenvalue weighted by molar-refractivity contribution is 7.47. The van der Waals surface area contributed by atoms with Crippen molar-refractivity contribution in [2.75, 3.05) is 39.6 Å². The van der Waals surface area contributed by atoms with E-state index in [0.29, 0.717) is 25.7 Å². The molecule has 3 N–H and O–H groups in total. The van der Waals surface area contributed by atoms with Crippen molar-refractivity contribution in [3.05, 3.63) is 0 Å². The summed E-state index contributed by atoms with van der Waals surface area (Å²) in [5.41, 5.74) is 0. The van der Waals surface area contributed by atoms with E-state index in [9.17, 15) is 43.2 Å². The van der Waals surface area contributed by atoms with Crippen LogP contribution in [0.3, 0.4) is 0 Å². The Morgan fingerprint density at radius 2 is 0.495 bits per heavy atom. The zero-order valence-corrected chi connectivity index (χ0v) is 65.5. The van der Waals surface area contributed by atoms with Gasteiger partial charge < -0.3 is 33.8 Å². The second-order valence-electron chi connectivity index (χ2n) is 29.5. The van der Waals surface area contributed by atoms with Gasteiger partial charge >= 0.3 is 39.5 Å². The first kappa shape index (κ1) is 95.1. The molecule has 0 aliphatic heterocycles. The molecule has 19 heteroatoms. The Morgan fingerprint density at radius 1 is 0.289 bits per heavy atom. The molecule has 0 saturated carbocycles. The zero-order valence-electron chi connectivity index (χ0n) is 63.7. The third-order valence-corrected chi connectivity index (χ3v) is 20.7. The summed E-state index contributed by atoms with van der Waals surface area (Å²) >= 11 is 0. The number of rotatable bonds is 75. The van der Waals surface area contributed by atoms with Crippen LogP contribution in [0, 0.1) is 23.7 Å². The molecule has 0 aromatic rings. The first-order valence-corrected chi connectivity index (χ1v) is 43.3. The van der Waals surface area contributed by atoms with E-state index in [4.69, 9.17) is 37.0 Å². The summed E-state index contributed by atoms with van der Waals surface area (Å²) in [7, 11) is -9.92. The van der Waals surface area contributed by atoms with Gasteiger partial charge in [-0.3, -0.25) is 37.3 Å². The number of carbonyl (C=O) groups is 4. The molecule has 0 aromatic heterocycles. The molecular formula is C78H152O17P2. The molecule has 0 radical (unpaired) electrons. The topological polar surface area (TPSA) is 237 Å². The molecule has 4 unspecified atom stereocenters. The van der Waals surface area contributed by atoms with Gasteiger partial charge in [0.25, 0.3) is 0 Å². The fraction of sp³-hybridized carbons (Fsp3) is 0.949. The van der Waals surface area contributed by atoms with Gasteiger partial charge in [-0.05, 0) is 49.4 Å². The van der Waals surface area contributed by atoms with Crippen LogP contribution in [0.25, 0.3) is 0 Å². The van der Waals surface area contributed by atoms with Gasteiger partial charge in [-0.2, -0.15) is 0 Å². The minimum Gasteiger partial charge on any atom is -0.462 e. The number of hydrogen-bond donors (Lipinski definition) is 3. The monoisotopic (exact) mass is 1420 g/mol. The molecule has 0 saturated heterocycles. The Bertz CT molecular complexity index is 1910. The van der Waals surface area contributed by atoms with E-state index >= 15 is 0 Å². The van der Waals surface area contributed by atoms with Gasteiger partial charge in [-0.15, -0.1) is 0 Å². The van der Waals surface area contributed by atoms with E-state index in [0.717, 1.165) is 120 Å². The zero-order chi connectivity index (χ0) is 71.7. The number of phosphoric ester groups is 2. The number of unbranched alkanes of at least 4 members (excludes halogenated alkanes) is 39. The Balaban J connectivity index is 5.24. The molecule has 0 fully saturated rings. The summed E-state index contributed by atoms with van der Waals surface area (Å²) in [6.07, 6.45) is 52.7. The van der Waals surface area contributed by atoms with Gasteiger partial charge in [0.2, 0.25) is 0 Å². The fourth-order valence-corrected chi connectivity index (χ4v) is 13.4. The van der Waals surface area contributed by atoms with Crippen LogP contribution in [0.2, 0.25) is 0 Å². The standard InChI is InChI=1S/C78H152O17P2/c1-9-70(7)56-48-40-32-26-22-23-29-35-45-53-61-78(83)94-73(64-88-75(80)58-50-42-33-27-20-16-14-12-11-13-15-18-24-30-38-46-54-68(3)4)66-92-96(84,85)90-62-72(79)63-91-97(86,87)93-67-74(65-89-76(81)59-51-43-37-36-41-49-57-71(8)10-2)95-77(82)60-52-44-34-28-21-17-19-25-31-39-47-55-69(5)6/h68-74,79H,9-67H2,1-8H3,(H,84,85)(H,86,87)/t70?,71?,72-,73-,74-/m1/s1. The van der Waals surface area contributed by atoms with Crippen LogP contribution in [0.5, 0.6) is 0 Å². The highest BCUT2D eigenvalue weighted by Gasteiger charge is 2.30. The largest absolute Gasteiger partial charge is 0.472 e. The van der Waals surface area contributed by atoms with E-state index in [1.54, 1.807) is 0 Å². The van der Waals surface area contributed by atoms with E-state index in [2.05, 4.69) is 55.4 Å². The Kier molecular flexibility index (Phi) is 65.9. The van der Waals surface area contributed by atoms with E-state index in [-0.39, 0.29) is 25.7 Å². The average molecular weight is 1420 g/mol. The molecule has 0 bridgehead atoms. The van der Waals surface area contributed by atoms with Crippen LogP contribution in [-0.4, -0.2) is 96.7 Å². The van der Waals surface area contributed by atoms with Gasteiger partial charge in [0, 0.05) is 25.7 Å². The molecule has 17 nitrogen and oxygen atoms in total. The van der Waals surface area contributed by atoms with Crippen molar-refractivity contribution in [3.8, 4) is 0 Å². The van der Waals surface area contributed by atoms with Gasteiger partial charge in [-0.1, -0.05) is 344 Å². The van der Waals surface area contributed by atoms with Crippen molar-refractivity contribution < 1.29 is 80.2 Å². The lowest BCUT2D eigenvalue weighted by Crippen LogP contribution is -2.30. The summed E-state index contributed by atoms with van der Waals surface area (Å²) < 4.78 is 68.6. The van der Waals surface area contributed by atoms with Crippen molar-refractivity contribution in [2.45, 2.75) is 414 Å². The average Bonchev–Trinajstić information content (AvgIpc) is 1.88. The third kappa shape index (κ3) is 69.5. The summed E-state index contributed by atoms with van der Waals surface area (Å²) in [5.74, 6) is 0.993. The summed E-state index contributed by atoms with van der Waals surface area (Å²) in [5, 5.41) is 10.6. The van der Waals surface area contributed by atoms with Crippen molar-refractivity contribution in [2.24, 2.45) is 23.7 Å². The molecule has 7 atom stereocenters. The lowest BCUT2D eigenvalue weighted by molar-refractivity contribution is -0.161. The SMILES string of the molecule is CCC(C)CCCCCCCCCCCCC(=O)O[C@H](COC(=O)CCCCCCCCCCCCCCCCCCC(C)C)COP(=O)(O)OC[C@@H](O)COP(=O)(O)OC[C@@H](COC(=O)CCCCCCCCC(C)CC)OC(=O)CCCCCCCCCCCCCC(C)C. The van der Waals surface area contributed by atoms with Crippen molar-refractivity contribution >= 4 is 39.5 Å². The van der Waals surface area contributed by atoms with Gasteiger partial charge in [0.1, 0.15) is 19.3 Å². The number of esters is 4. The maximum absolute atomic E-state index is 13.1. The molecule has 0 heterocycles. The molecule has 97 heavy (non-hydrogen) atoms. The minimum absolute atomic E-state index is 0.105. The predicted octanol–water partition coefficient (Wildman–Crippen LogP) is 22.8. The Hall–Kier alpha value is -1.94. The summed E-state index contributed by atoms with van der Waals surface area (Å²) in [6.45, 7) is 14.2.